The average Bonchev–Trinajstić information content (AvgIpc) is 2.67. The number of nitrogens with zero attached hydrogens (tertiary/aromatic N) is 2. The maximum Gasteiger partial charge on any atom is 0.317 e. The van der Waals surface area contributed by atoms with Gasteiger partial charge in [0, 0.05) is 31.7 Å². The lowest BCUT2D eigenvalue weighted by molar-refractivity contribution is 0.137. The minimum absolute atomic E-state index is 0.0538. The van der Waals surface area contributed by atoms with E-state index in [2.05, 4.69) is 24.1 Å². The molecule has 1 N–H and O–H groups in total. The van der Waals surface area contributed by atoms with Gasteiger partial charge in [0.15, 0.2) is 11.5 Å². The van der Waals surface area contributed by atoms with Gasteiger partial charge in [-0.15, -0.1) is 0 Å². The van der Waals surface area contributed by atoms with Crippen molar-refractivity contribution in [3.05, 3.63) is 23.8 Å². The van der Waals surface area contributed by atoms with Crippen molar-refractivity contribution in [2.45, 2.75) is 46.2 Å². The van der Waals surface area contributed by atoms with E-state index < -0.39 is 0 Å². The van der Waals surface area contributed by atoms with Crippen molar-refractivity contribution in [3.8, 4) is 11.5 Å². The lowest BCUT2D eigenvalue weighted by Crippen LogP contribution is -2.45. The molecule has 1 unspecified atom stereocenters. The van der Waals surface area contributed by atoms with E-state index in [1.807, 2.05) is 32.2 Å². The number of likely N-dealkylation sites (tertiary alicyclic amines) is 1. The first-order valence-electron chi connectivity index (χ1n) is 9.97. The third-order valence-electron chi connectivity index (χ3n) is 5.15. The van der Waals surface area contributed by atoms with Crippen molar-refractivity contribution in [3.63, 3.8) is 0 Å². The highest BCUT2D eigenvalue weighted by atomic mass is 16.5. The third-order valence-corrected chi connectivity index (χ3v) is 5.15. The van der Waals surface area contributed by atoms with Crippen LogP contribution < -0.4 is 14.8 Å². The van der Waals surface area contributed by atoms with Crippen molar-refractivity contribution >= 4 is 6.03 Å². The Bertz CT molecular complexity index is 606. The number of amides is 2. The van der Waals surface area contributed by atoms with Gasteiger partial charge in [0.25, 0.3) is 0 Å². The molecule has 27 heavy (non-hydrogen) atoms. The number of methoxy groups -OCH3 is 1. The van der Waals surface area contributed by atoms with Crippen LogP contribution in [0.2, 0.25) is 0 Å². The summed E-state index contributed by atoms with van der Waals surface area (Å²) in [6.07, 6.45) is 2.38. The Morgan fingerprint density at radius 1 is 1.41 bits per heavy atom. The maximum absolute atomic E-state index is 12.6. The molecule has 1 aromatic rings. The summed E-state index contributed by atoms with van der Waals surface area (Å²) in [5.41, 5.74) is 0.942. The molecule has 0 radical (unpaired) electrons. The molecule has 2 rings (SSSR count). The summed E-state index contributed by atoms with van der Waals surface area (Å²) < 4.78 is 11.1. The van der Waals surface area contributed by atoms with Crippen LogP contribution >= 0.6 is 0 Å². The molecule has 1 aromatic carbocycles. The van der Waals surface area contributed by atoms with Gasteiger partial charge in [0.2, 0.25) is 0 Å². The molecule has 1 saturated heterocycles. The standard InChI is InChI=1S/C21H35N3O3/c1-6-27-20-18(10-7-11-19(20)26-5)15-23(4)21(25)22-13-17-9-8-12-24(14-17)16(2)3/h7,10-11,16-17H,6,8-9,12-15H2,1-5H3,(H,22,25). The molecule has 152 valence electrons. The molecule has 0 aromatic heterocycles. The number of para-hydroxylation sites is 1. The second-order valence-corrected chi connectivity index (χ2v) is 7.52. The fraction of sp³-hybridized carbons (Fsp3) is 0.667. The number of piperidine rings is 1. The van der Waals surface area contributed by atoms with Crippen LogP contribution in [0, 0.1) is 5.92 Å². The van der Waals surface area contributed by atoms with Gasteiger partial charge in [-0.05, 0) is 52.1 Å². The highest BCUT2D eigenvalue weighted by Gasteiger charge is 2.22. The Balaban J connectivity index is 1.90. The van der Waals surface area contributed by atoms with Gasteiger partial charge in [-0.25, -0.2) is 4.79 Å². The first-order valence-corrected chi connectivity index (χ1v) is 9.97. The van der Waals surface area contributed by atoms with E-state index in [1.54, 1.807) is 12.0 Å². The normalized spacial score (nSPS) is 17.6. The molecular formula is C21H35N3O3. The number of hydrogen-bond acceptors (Lipinski definition) is 4. The van der Waals surface area contributed by atoms with Gasteiger partial charge in [-0.3, -0.25) is 0 Å². The monoisotopic (exact) mass is 377 g/mol. The Hall–Kier alpha value is -1.95. The maximum atomic E-state index is 12.6. The van der Waals surface area contributed by atoms with Crippen molar-refractivity contribution < 1.29 is 14.3 Å². The van der Waals surface area contributed by atoms with Gasteiger partial charge in [-0.2, -0.15) is 0 Å². The molecule has 1 aliphatic rings. The zero-order chi connectivity index (χ0) is 19.8. The summed E-state index contributed by atoms with van der Waals surface area (Å²) in [6.45, 7) is 10.4. The Kier molecular flexibility index (Phi) is 8.23. The summed E-state index contributed by atoms with van der Waals surface area (Å²) >= 11 is 0. The number of carbonyl (C=O) groups excluding carboxylic acids is 1. The quantitative estimate of drug-likeness (QED) is 0.755. The fourth-order valence-electron chi connectivity index (χ4n) is 3.58. The summed E-state index contributed by atoms with van der Waals surface area (Å²) in [5.74, 6) is 1.93. The predicted octanol–water partition coefficient (Wildman–Crippen LogP) is 3.36. The van der Waals surface area contributed by atoms with Gasteiger partial charge in [0.05, 0.1) is 20.3 Å². The SMILES string of the molecule is CCOc1c(CN(C)C(=O)NCC2CCCN(C(C)C)C2)cccc1OC. The van der Waals surface area contributed by atoms with Crippen LogP contribution in [0.15, 0.2) is 18.2 Å². The van der Waals surface area contributed by atoms with Crippen LogP contribution in [0.4, 0.5) is 4.79 Å². The van der Waals surface area contributed by atoms with Crippen LogP contribution in [-0.2, 0) is 6.54 Å². The minimum atomic E-state index is -0.0538. The van der Waals surface area contributed by atoms with Crippen molar-refractivity contribution in [2.75, 3.05) is 40.4 Å². The summed E-state index contributed by atoms with van der Waals surface area (Å²) in [5, 5.41) is 3.10. The smallest absolute Gasteiger partial charge is 0.317 e. The molecule has 1 fully saturated rings. The zero-order valence-corrected chi connectivity index (χ0v) is 17.5. The first kappa shape index (κ1) is 21.4. The van der Waals surface area contributed by atoms with Gasteiger partial charge in [-0.1, -0.05) is 12.1 Å². The number of ether oxygens (including phenoxy) is 2. The van der Waals surface area contributed by atoms with Crippen LogP contribution in [0.1, 0.15) is 39.2 Å². The van der Waals surface area contributed by atoms with E-state index in [9.17, 15) is 4.79 Å². The topological polar surface area (TPSA) is 54.0 Å². The van der Waals surface area contributed by atoms with E-state index >= 15 is 0 Å². The molecule has 1 heterocycles. The molecule has 1 atom stereocenters. The lowest BCUT2D eigenvalue weighted by atomic mass is 9.97. The van der Waals surface area contributed by atoms with E-state index in [0.717, 1.165) is 25.2 Å². The summed E-state index contributed by atoms with van der Waals surface area (Å²) in [7, 11) is 3.44. The highest BCUT2D eigenvalue weighted by Crippen LogP contribution is 2.31. The van der Waals surface area contributed by atoms with Crippen LogP contribution in [0.25, 0.3) is 0 Å². The Morgan fingerprint density at radius 2 is 2.19 bits per heavy atom. The average molecular weight is 378 g/mol. The molecule has 0 bridgehead atoms. The number of benzene rings is 1. The summed E-state index contributed by atoms with van der Waals surface area (Å²) in [4.78, 5) is 16.7. The second-order valence-electron chi connectivity index (χ2n) is 7.52. The van der Waals surface area contributed by atoms with Crippen molar-refractivity contribution in [2.24, 2.45) is 5.92 Å². The number of hydrogen-bond donors (Lipinski definition) is 1. The van der Waals surface area contributed by atoms with Gasteiger partial charge >= 0.3 is 6.03 Å². The van der Waals surface area contributed by atoms with Gasteiger partial charge in [0.1, 0.15) is 0 Å². The van der Waals surface area contributed by atoms with Crippen LogP contribution in [-0.4, -0.2) is 62.3 Å². The number of nitrogens with one attached hydrogen (secondary N) is 1. The van der Waals surface area contributed by atoms with E-state index in [0.29, 0.717) is 36.6 Å². The summed E-state index contributed by atoms with van der Waals surface area (Å²) in [6, 6.07) is 6.28. The van der Waals surface area contributed by atoms with E-state index in [-0.39, 0.29) is 6.03 Å². The molecule has 1 aliphatic heterocycles. The minimum Gasteiger partial charge on any atom is -0.493 e. The largest absolute Gasteiger partial charge is 0.493 e. The molecule has 6 heteroatoms. The molecule has 0 spiro atoms. The molecule has 0 saturated carbocycles. The lowest BCUT2D eigenvalue weighted by Gasteiger charge is -2.35. The molecule has 2 amide bonds. The zero-order valence-electron chi connectivity index (χ0n) is 17.5. The Labute approximate surface area is 163 Å². The first-order chi connectivity index (χ1) is 13.0. The number of urea groups is 1. The number of carbonyl (C=O) groups is 1. The second kappa shape index (κ2) is 10.4. The van der Waals surface area contributed by atoms with Gasteiger partial charge < -0.3 is 24.6 Å². The predicted molar refractivity (Wildman–Crippen MR) is 108 cm³/mol. The fourth-order valence-corrected chi connectivity index (χ4v) is 3.58. The van der Waals surface area contributed by atoms with E-state index in [4.69, 9.17) is 9.47 Å². The number of rotatable bonds is 8. The van der Waals surface area contributed by atoms with Crippen molar-refractivity contribution in [1.29, 1.82) is 0 Å². The van der Waals surface area contributed by atoms with Crippen LogP contribution in [0.5, 0.6) is 11.5 Å². The van der Waals surface area contributed by atoms with E-state index in [1.165, 1.54) is 12.8 Å². The molecule has 6 nitrogen and oxygen atoms in total. The van der Waals surface area contributed by atoms with Crippen LogP contribution in [0.3, 0.4) is 0 Å². The Morgan fingerprint density at radius 3 is 2.85 bits per heavy atom. The molecule has 0 aliphatic carbocycles. The molecular weight excluding hydrogens is 342 g/mol. The van der Waals surface area contributed by atoms with Crippen molar-refractivity contribution in [1.82, 2.24) is 15.1 Å². The third kappa shape index (κ3) is 6.03. The highest BCUT2D eigenvalue weighted by molar-refractivity contribution is 5.74.